The van der Waals surface area contributed by atoms with Gasteiger partial charge >= 0.3 is 0 Å². The summed E-state index contributed by atoms with van der Waals surface area (Å²) in [5, 5.41) is 2.71. The maximum Gasteiger partial charge on any atom is 0.252 e. The number of hydrogen-bond donors (Lipinski definition) is 1. The van der Waals surface area contributed by atoms with Gasteiger partial charge in [-0.1, -0.05) is 36.4 Å². The van der Waals surface area contributed by atoms with E-state index in [9.17, 15) is 4.79 Å². The number of nitrogens with one attached hydrogen (secondary N) is 1. The molecule has 1 fully saturated rings. The van der Waals surface area contributed by atoms with Gasteiger partial charge in [-0.2, -0.15) is 0 Å². The average Bonchev–Trinajstić information content (AvgIpc) is 3.07. The molecule has 1 aromatic rings. The topological polar surface area (TPSA) is 41.6 Å². The lowest BCUT2D eigenvalue weighted by molar-refractivity contribution is -0.122. The van der Waals surface area contributed by atoms with Crippen LogP contribution in [0.25, 0.3) is 0 Å². The Hall–Kier alpha value is -1.61. The SMILES string of the molecule is C=CCNC(=O)[C@H]1O[C@@H]1c1ccccc1. The second-order valence-corrected chi connectivity index (χ2v) is 3.42. The largest absolute Gasteiger partial charge is 0.354 e. The van der Waals surface area contributed by atoms with E-state index in [0.29, 0.717) is 6.54 Å². The van der Waals surface area contributed by atoms with Gasteiger partial charge in [-0.05, 0) is 5.56 Å². The number of ether oxygens (including phenoxy) is 1. The van der Waals surface area contributed by atoms with E-state index in [1.54, 1.807) is 6.08 Å². The highest BCUT2D eigenvalue weighted by atomic mass is 16.6. The summed E-state index contributed by atoms with van der Waals surface area (Å²) in [5.74, 6) is -0.0660. The quantitative estimate of drug-likeness (QED) is 0.594. The molecule has 3 nitrogen and oxygen atoms in total. The lowest BCUT2D eigenvalue weighted by Gasteiger charge is -1.97. The Morgan fingerprint density at radius 3 is 2.87 bits per heavy atom. The zero-order valence-corrected chi connectivity index (χ0v) is 8.35. The summed E-state index contributed by atoms with van der Waals surface area (Å²) in [6.45, 7) is 4.02. The van der Waals surface area contributed by atoms with Crippen molar-refractivity contribution in [1.82, 2.24) is 5.32 Å². The van der Waals surface area contributed by atoms with Gasteiger partial charge in [0.2, 0.25) is 0 Å². The molecule has 1 aliphatic rings. The van der Waals surface area contributed by atoms with Crippen LogP contribution in [0, 0.1) is 0 Å². The van der Waals surface area contributed by atoms with Crippen molar-refractivity contribution < 1.29 is 9.53 Å². The average molecular weight is 203 g/mol. The molecule has 1 amide bonds. The second kappa shape index (κ2) is 4.28. The van der Waals surface area contributed by atoms with Crippen molar-refractivity contribution in [1.29, 1.82) is 0 Å². The first-order chi connectivity index (χ1) is 7.33. The standard InChI is InChI=1S/C12H13NO2/c1-2-8-13-12(14)11-10(15-11)9-6-4-3-5-7-9/h2-7,10-11H,1,8H2,(H,13,14)/t10-,11+/m1/s1. The fourth-order valence-electron chi connectivity index (χ4n) is 1.48. The van der Waals surface area contributed by atoms with Crippen LogP contribution in [-0.2, 0) is 9.53 Å². The Labute approximate surface area is 88.8 Å². The molecule has 15 heavy (non-hydrogen) atoms. The molecule has 0 aliphatic carbocycles. The van der Waals surface area contributed by atoms with E-state index in [2.05, 4.69) is 11.9 Å². The van der Waals surface area contributed by atoms with E-state index < -0.39 is 0 Å². The van der Waals surface area contributed by atoms with E-state index in [1.165, 1.54) is 0 Å². The van der Waals surface area contributed by atoms with Crippen LogP contribution < -0.4 is 5.32 Å². The minimum Gasteiger partial charge on any atom is -0.354 e. The van der Waals surface area contributed by atoms with Crippen molar-refractivity contribution in [3.63, 3.8) is 0 Å². The zero-order chi connectivity index (χ0) is 10.7. The first kappa shape index (κ1) is 9.93. The van der Waals surface area contributed by atoms with E-state index in [1.807, 2.05) is 30.3 Å². The van der Waals surface area contributed by atoms with Gasteiger partial charge < -0.3 is 10.1 Å². The number of epoxide rings is 1. The van der Waals surface area contributed by atoms with E-state index in [-0.39, 0.29) is 18.1 Å². The van der Waals surface area contributed by atoms with Crippen LogP contribution in [0.4, 0.5) is 0 Å². The molecule has 0 unspecified atom stereocenters. The van der Waals surface area contributed by atoms with Crippen LogP contribution in [-0.4, -0.2) is 18.6 Å². The van der Waals surface area contributed by atoms with E-state index in [0.717, 1.165) is 5.56 Å². The van der Waals surface area contributed by atoms with Crippen LogP contribution >= 0.6 is 0 Å². The summed E-state index contributed by atoms with van der Waals surface area (Å²) in [6, 6.07) is 9.75. The fourth-order valence-corrected chi connectivity index (χ4v) is 1.48. The van der Waals surface area contributed by atoms with Gasteiger partial charge in [-0.15, -0.1) is 6.58 Å². The van der Waals surface area contributed by atoms with Gasteiger partial charge in [-0.25, -0.2) is 0 Å². The van der Waals surface area contributed by atoms with Crippen LogP contribution in [0.3, 0.4) is 0 Å². The van der Waals surface area contributed by atoms with Crippen molar-refractivity contribution in [3.8, 4) is 0 Å². The third kappa shape index (κ3) is 2.25. The third-order valence-corrected chi connectivity index (χ3v) is 2.30. The molecular weight excluding hydrogens is 190 g/mol. The van der Waals surface area contributed by atoms with E-state index in [4.69, 9.17) is 4.74 Å². The summed E-state index contributed by atoms with van der Waals surface area (Å²) in [4.78, 5) is 11.5. The van der Waals surface area contributed by atoms with Crippen molar-refractivity contribution >= 4 is 5.91 Å². The molecule has 0 spiro atoms. The normalized spacial score (nSPS) is 23.2. The summed E-state index contributed by atoms with van der Waals surface area (Å²) in [6.07, 6.45) is 1.25. The lowest BCUT2D eigenvalue weighted by atomic mass is 10.1. The van der Waals surface area contributed by atoms with Gasteiger partial charge in [0.15, 0.2) is 6.10 Å². The Balaban J connectivity index is 1.91. The molecule has 1 saturated heterocycles. The Morgan fingerprint density at radius 1 is 1.47 bits per heavy atom. The number of amides is 1. The summed E-state index contributed by atoms with van der Waals surface area (Å²) < 4.78 is 5.32. The van der Waals surface area contributed by atoms with Crippen LogP contribution in [0.5, 0.6) is 0 Å². The highest BCUT2D eigenvalue weighted by molar-refractivity contribution is 5.84. The molecule has 1 aromatic carbocycles. The summed E-state index contributed by atoms with van der Waals surface area (Å²) >= 11 is 0. The molecule has 3 heteroatoms. The van der Waals surface area contributed by atoms with Crippen LogP contribution in [0.1, 0.15) is 11.7 Å². The molecule has 2 rings (SSSR count). The molecular formula is C12H13NO2. The lowest BCUT2D eigenvalue weighted by Crippen LogP contribution is -2.28. The number of benzene rings is 1. The van der Waals surface area contributed by atoms with Crippen molar-refractivity contribution in [2.24, 2.45) is 0 Å². The Bertz CT molecular complexity index is 361. The second-order valence-electron chi connectivity index (χ2n) is 3.42. The smallest absolute Gasteiger partial charge is 0.252 e. The molecule has 1 N–H and O–H groups in total. The van der Waals surface area contributed by atoms with Crippen molar-refractivity contribution in [2.45, 2.75) is 12.2 Å². The van der Waals surface area contributed by atoms with Gasteiger partial charge in [0.25, 0.3) is 5.91 Å². The van der Waals surface area contributed by atoms with Gasteiger partial charge in [0, 0.05) is 6.54 Å². The summed E-state index contributed by atoms with van der Waals surface area (Å²) in [7, 11) is 0. The number of hydrogen-bond acceptors (Lipinski definition) is 2. The number of rotatable bonds is 4. The summed E-state index contributed by atoms with van der Waals surface area (Å²) in [5.41, 5.74) is 1.05. The first-order valence-corrected chi connectivity index (χ1v) is 4.92. The van der Waals surface area contributed by atoms with Gasteiger partial charge in [0.05, 0.1) is 0 Å². The van der Waals surface area contributed by atoms with Crippen molar-refractivity contribution in [3.05, 3.63) is 48.6 Å². The van der Waals surface area contributed by atoms with E-state index >= 15 is 0 Å². The zero-order valence-electron chi connectivity index (χ0n) is 8.35. The van der Waals surface area contributed by atoms with Gasteiger partial charge in [-0.3, -0.25) is 4.79 Å². The van der Waals surface area contributed by atoms with Crippen molar-refractivity contribution in [2.75, 3.05) is 6.54 Å². The van der Waals surface area contributed by atoms with Gasteiger partial charge in [0.1, 0.15) is 6.10 Å². The van der Waals surface area contributed by atoms with Crippen LogP contribution in [0.2, 0.25) is 0 Å². The van der Waals surface area contributed by atoms with Crippen LogP contribution in [0.15, 0.2) is 43.0 Å². The fraction of sp³-hybridized carbons (Fsp3) is 0.250. The predicted octanol–water partition coefficient (Wildman–Crippen LogP) is 1.43. The first-order valence-electron chi connectivity index (χ1n) is 4.92. The number of carbonyl (C=O) groups excluding carboxylic acids is 1. The molecule has 0 saturated carbocycles. The maximum absolute atomic E-state index is 11.5. The maximum atomic E-state index is 11.5. The molecule has 0 aromatic heterocycles. The number of carbonyl (C=O) groups is 1. The minimum absolute atomic E-state index is 0.0660. The Morgan fingerprint density at radius 2 is 2.20 bits per heavy atom. The molecule has 2 atom stereocenters. The molecule has 0 radical (unpaired) electrons. The molecule has 78 valence electrons. The highest BCUT2D eigenvalue weighted by Crippen LogP contribution is 2.38. The monoisotopic (exact) mass is 203 g/mol. The molecule has 1 heterocycles. The third-order valence-electron chi connectivity index (χ3n) is 2.30. The molecule has 0 bridgehead atoms. The molecule has 1 aliphatic heterocycles. The minimum atomic E-state index is -0.327. The predicted molar refractivity (Wildman–Crippen MR) is 57.3 cm³/mol. The highest BCUT2D eigenvalue weighted by Gasteiger charge is 2.45. The Kier molecular flexibility index (Phi) is 2.83.